The zero-order valence-corrected chi connectivity index (χ0v) is 12.3. The molecule has 1 aliphatic carbocycles. The number of thioether (sulfide) groups is 1. The molecule has 0 fully saturated rings. The van der Waals surface area contributed by atoms with Crippen LogP contribution in [0.4, 0.5) is 0 Å². The Bertz CT molecular complexity index is 574. The minimum Gasteiger partial charge on any atom is -0.437 e. The van der Waals surface area contributed by atoms with Crippen LogP contribution in [0, 0.1) is 13.8 Å². The number of hydrogen-bond donors (Lipinski definition) is 1. The first kappa shape index (κ1) is 12.8. The Kier molecular flexibility index (Phi) is 3.37. The Morgan fingerprint density at radius 1 is 1.32 bits per heavy atom. The molecule has 1 heterocycles. The summed E-state index contributed by atoms with van der Waals surface area (Å²) in [6.07, 6.45) is 1.06. The first-order valence-electron chi connectivity index (χ1n) is 6.55. The van der Waals surface area contributed by atoms with Crippen LogP contribution < -0.4 is 5.32 Å². The van der Waals surface area contributed by atoms with Crippen molar-refractivity contribution in [2.75, 3.05) is 7.05 Å². The molecule has 2 atom stereocenters. The average molecular weight is 274 g/mol. The molecule has 0 saturated heterocycles. The van der Waals surface area contributed by atoms with Crippen molar-refractivity contribution in [2.45, 2.75) is 36.8 Å². The van der Waals surface area contributed by atoms with E-state index in [9.17, 15) is 0 Å². The van der Waals surface area contributed by atoms with Crippen molar-refractivity contribution in [3.05, 3.63) is 46.8 Å². The monoisotopic (exact) mass is 274 g/mol. The molecule has 2 unspecified atom stereocenters. The van der Waals surface area contributed by atoms with Gasteiger partial charge in [0.1, 0.15) is 5.76 Å². The molecule has 100 valence electrons. The van der Waals surface area contributed by atoms with Gasteiger partial charge in [0.25, 0.3) is 5.22 Å². The molecular formula is C15H18N2OS. The smallest absolute Gasteiger partial charge is 0.256 e. The van der Waals surface area contributed by atoms with Crippen LogP contribution in [-0.4, -0.2) is 17.3 Å². The van der Waals surface area contributed by atoms with Crippen LogP contribution in [0.25, 0.3) is 0 Å². The lowest BCUT2D eigenvalue weighted by Gasteiger charge is -2.17. The number of aryl methyl sites for hydroxylation is 2. The first-order chi connectivity index (χ1) is 9.19. The molecule has 1 aromatic heterocycles. The second kappa shape index (κ2) is 5.02. The van der Waals surface area contributed by atoms with Crippen molar-refractivity contribution in [1.29, 1.82) is 0 Å². The molecule has 4 heteroatoms. The maximum atomic E-state index is 5.69. The van der Waals surface area contributed by atoms with Crippen LogP contribution >= 0.6 is 11.8 Å². The fourth-order valence-electron chi connectivity index (χ4n) is 2.63. The van der Waals surface area contributed by atoms with Gasteiger partial charge in [-0.25, -0.2) is 4.98 Å². The van der Waals surface area contributed by atoms with E-state index in [2.05, 4.69) is 34.6 Å². The van der Waals surface area contributed by atoms with E-state index in [0.717, 1.165) is 23.1 Å². The number of nitrogens with zero attached hydrogens (tertiary/aromatic N) is 1. The molecule has 0 amide bonds. The number of benzene rings is 1. The Balaban J connectivity index is 1.83. The van der Waals surface area contributed by atoms with E-state index >= 15 is 0 Å². The highest BCUT2D eigenvalue weighted by atomic mass is 32.2. The molecular weight excluding hydrogens is 256 g/mol. The highest BCUT2D eigenvalue weighted by molar-refractivity contribution is 7.99. The maximum absolute atomic E-state index is 5.69. The molecule has 0 spiro atoms. The molecule has 1 N–H and O–H groups in total. The lowest BCUT2D eigenvalue weighted by Crippen LogP contribution is -2.23. The van der Waals surface area contributed by atoms with Gasteiger partial charge in [0, 0.05) is 11.3 Å². The van der Waals surface area contributed by atoms with E-state index in [0.29, 0.717) is 11.3 Å². The largest absolute Gasteiger partial charge is 0.437 e. The predicted octanol–water partition coefficient (Wildman–Crippen LogP) is 3.27. The Morgan fingerprint density at radius 3 is 2.79 bits per heavy atom. The van der Waals surface area contributed by atoms with Crippen LogP contribution in [0.1, 0.15) is 28.6 Å². The second-order valence-corrected chi connectivity index (χ2v) is 6.14. The number of nitrogens with one attached hydrogen (secondary N) is 1. The molecule has 3 nitrogen and oxygen atoms in total. The number of rotatable bonds is 3. The molecule has 0 saturated carbocycles. The zero-order valence-electron chi connectivity index (χ0n) is 11.4. The number of hydrogen-bond acceptors (Lipinski definition) is 4. The summed E-state index contributed by atoms with van der Waals surface area (Å²) < 4.78 is 5.69. The van der Waals surface area contributed by atoms with Gasteiger partial charge in [0.05, 0.1) is 5.69 Å². The van der Waals surface area contributed by atoms with Crippen molar-refractivity contribution in [3.63, 3.8) is 0 Å². The van der Waals surface area contributed by atoms with Gasteiger partial charge in [-0.3, -0.25) is 0 Å². The summed E-state index contributed by atoms with van der Waals surface area (Å²) in [4.78, 5) is 4.47. The third-order valence-electron chi connectivity index (χ3n) is 3.76. The van der Waals surface area contributed by atoms with Gasteiger partial charge < -0.3 is 9.73 Å². The van der Waals surface area contributed by atoms with Crippen LogP contribution in [0.15, 0.2) is 33.9 Å². The number of aromatic nitrogens is 1. The summed E-state index contributed by atoms with van der Waals surface area (Å²) in [6.45, 7) is 3.95. The highest BCUT2D eigenvalue weighted by Crippen LogP contribution is 2.41. The van der Waals surface area contributed by atoms with E-state index in [-0.39, 0.29) is 0 Å². The van der Waals surface area contributed by atoms with Gasteiger partial charge in [-0.05, 0) is 38.4 Å². The SMILES string of the molecule is CNC1c2ccccc2CC1Sc1nc(C)c(C)o1. The lowest BCUT2D eigenvalue weighted by molar-refractivity contribution is 0.428. The molecule has 19 heavy (non-hydrogen) atoms. The quantitative estimate of drug-likeness (QED) is 0.932. The summed E-state index contributed by atoms with van der Waals surface area (Å²) in [7, 11) is 2.02. The van der Waals surface area contributed by atoms with Crippen molar-refractivity contribution in [1.82, 2.24) is 10.3 Å². The summed E-state index contributed by atoms with van der Waals surface area (Å²) in [5, 5.41) is 4.65. The number of oxazole rings is 1. The molecule has 0 aliphatic heterocycles. The predicted molar refractivity (Wildman–Crippen MR) is 77.6 cm³/mol. The average Bonchev–Trinajstić information content (AvgIpc) is 2.90. The van der Waals surface area contributed by atoms with Crippen LogP contribution in [-0.2, 0) is 6.42 Å². The van der Waals surface area contributed by atoms with Crippen LogP contribution in [0.3, 0.4) is 0 Å². The minimum absolute atomic E-state index is 0.369. The summed E-state index contributed by atoms with van der Waals surface area (Å²) >= 11 is 1.74. The van der Waals surface area contributed by atoms with Gasteiger partial charge in [-0.2, -0.15) is 0 Å². The summed E-state index contributed by atoms with van der Waals surface area (Å²) in [5.41, 5.74) is 3.82. The van der Waals surface area contributed by atoms with E-state index in [1.807, 2.05) is 20.9 Å². The van der Waals surface area contributed by atoms with Gasteiger partial charge in [-0.1, -0.05) is 36.0 Å². The van der Waals surface area contributed by atoms with Crippen LogP contribution in [0.2, 0.25) is 0 Å². The van der Waals surface area contributed by atoms with E-state index in [1.54, 1.807) is 11.8 Å². The van der Waals surface area contributed by atoms with Crippen molar-refractivity contribution < 1.29 is 4.42 Å². The molecule has 2 aromatic rings. The van der Waals surface area contributed by atoms with Crippen molar-refractivity contribution in [2.24, 2.45) is 0 Å². The third kappa shape index (κ3) is 2.30. The van der Waals surface area contributed by atoms with Crippen molar-refractivity contribution >= 4 is 11.8 Å². The fraction of sp³-hybridized carbons (Fsp3) is 0.400. The number of fused-ring (bicyclic) bond motifs is 1. The fourth-order valence-corrected chi connectivity index (χ4v) is 3.94. The van der Waals surface area contributed by atoms with Gasteiger partial charge in [-0.15, -0.1) is 0 Å². The minimum atomic E-state index is 0.369. The summed E-state index contributed by atoms with van der Waals surface area (Å²) in [5.74, 6) is 0.916. The van der Waals surface area contributed by atoms with Gasteiger partial charge in [0.2, 0.25) is 0 Å². The van der Waals surface area contributed by atoms with Crippen molar-refractivity contribution in [3.8, 4) is 0 Å². The van der Waals surface area contributed by atoms with Gasteiger partial charge >= 0.3 is 0 Å². The Morgan fingerprint density at radius 2 is 2.11 bits per heavy atom. The maximum Gasteiger partial charge on any atom is 0.256 e. The first-order valence-corrected chi connectivity index (χ1v) is 7.42. The van der Waals surface area contributed by atoms with E-state index < -0.39 is 0 Å². The molecule has 3 rings (SSSR count). The molecule has 0 radical (unpaired) electrons. The second-order valence-electron chi connectivity index (χ2n) is 4.95. The lowest BCUT2D eigenvalue weighted by atomic mass is 10.1. The van der Waals surface area contributed by atoms with Gasteiger partial charge in [0.15, 0.2) is 0 Å². The third-order valence-corrected chi connectivity index (χ3v) is 4.87. The Labute approximate surface area is 117 Å². The molecule has 1 aromatic carbocycles. The topological polar surface area (TPSA) is 38.1 Å². The standard InChI is InChI=1S/C15H18N2OS/c1-9-10(2)18-15(17-9)19-13-8-11-6-4-5-7-12(11)14(13)16-3/h4-7,13-14,16H,8H2,1-3H3. The molecule has 1 aliphatic rings. The zero-order chi connectivity index (χ0) is 13.4. The summed E-state index contributed by atoms with van der Waals surface area (Å²) in [6, 6.07) is 9.01. The molecule has 0 bridgehead atoms. The Hall–Kier alpha value is -1.26. The van der Waals surface area contributed by atoms with E-state index in [4.69, 9.17) is 4.42 Å². The van der Waals surface area contributed by atoms with Crippen LogP contribution in [0.5, 0.6) is 0 Å². The van der Waals surface area contributed by atoms with E-state index in [1.165, 1.54) is 11.1 Å². The normalized spacial score (nSPS) is 21.6. The highest BCUT2D eigenvalue weighted by Gasteiger charge is 2.33.